The largest absolute Gasteiger partial charge is 0.344 e. The van der Waals surface area contributed by atoms with Crippen LogP contribution in [0.4, 0.5) is 5.69 Å². The zero-order valence-corrected chi connectivity index (χ0v) is 11.0. The van der Waals surface area contributed by atoms with Crippen molar-refractivity contribution in [3.05, 3.63) is 65.7 Å². The second-order valence-electron chi connectivity index (χ2n) is 3.69. The molecule has 5 N–H and O–H groups in total. The van der Waals surface area contributed by atoms with Crippen molar-refractivity contribution in [2.24, 2.45) is 0 Å². The number of carbonyl (C=O) groups excluding carboxylic acids is 1. The van der Waals surface area contributed by atoms with E-state index in [1.807, 2.05) is 47.9 Å². The summed E-state index contributed by atoms with van der Waals surface area (Å²) in [5, 5.41) is 8.29. The third-order valence-electron chi connectivity index (χ3n) is 2.43. The van der Waals surface area contributed by atoms with E-state index in [9.17, 15) is 4.79 Å². The van der Waals surface area contributed by atoms with Gasteiger partial charge in [-0.2, -0.15) is 0 Å². The summed E-state index contributed by atoms with van der Waals surface area (Å²) < 4.78 is 0. The van der Waals surface area contributed by atoms with Gasteiger partial charge in [-0.1, -0.05) is 49.4 Å². The lowest BCUT2D eigenvalue weighted by atomic mass is 10.1. The molecule has 0 heterocycles. The Balaban J connectivity index is 0.000000331. The Bertz CT molecular complexity index is 455. The molecule has 0 atom stereocenters. The number of aldehydes is 1. The summed E-state index contributed by atoms with van der Waals surface area (Å²) in [5.41, 5.74) is 4.76. The van der Waals surface area contributed by atoms with Crippen LogP contribution in [-0.4, -0.2) is 11.5 Å². The number of para-hydroxylation sites is 1. The van der Waals surface area contributed by atoms with Crippen LogP contribution in [0.1, 0.15) is 22.8 Å². The van der Waals surface area contributed by atoms with Crippen molar-refractivity contribution in [2.45, 2.75) is 13.3 Å². The maximum atomic E-state index is 10.2. The Kier molecular flexibility index (Phi) is 8.70. The average Bonchev–Trinajstić information content (AvgIpc) is 2.49. The highest BCUT2D eigenvalue weighted by Gasteiger charge is 1.88. The van der Waals surface area contributed by atoms with Gasteiger partial charge < -0.3 is 6.15 Å². The molecule has 0 saturated heterocycles. The van der Waals surface area contributed by atoms with Crippen LogP contribution >= 0.6 is 0 Å². The van der Waals surface area contributed by atoms with Crippen molar-refractivity contribution in [3.8, 4) is 0 Å². The third kappa shape index (κ3) is 6.35. The van der Waals surface area contributed by atoms with E-state index in [2.05, 4.69) is 6.92 Å². The minimum absolute atomic E-state index is 0. The summed E-state index contributed by atoms with van der Waals surface area (Å²) in [6, 6.07) is 16.8. The molecule has 0 aliphatic carbocycles. The van der Waals surface area contributed by atoms with Gasteiger partial charge >= 0.3 is 0 Å². The molecule has 4 heteroatoms. The lowest BCUT2D eigenvalue weighted by molar-refractivity contribution is 0.112. The van der Waals surface area contributed by atoms with Crippen LogP contribution in [0.2, 0.25) is 0 Å². The van der Waals surface area contributed by atoms with E-state index in [1.165, 1.54) is 5.56 Å². The Morgan fingerprint density at radius 3 is 2.00 bits per heavy atom. The first-order valence-electron chi connectivity index (χ1n) is 5.79. The second-order valence-corrected chi connectivity index (χ2v) is 3.69. The van der Waals surface area contributed by atoms with Crippen molar-refractivity contribution in [2.75, 3.05) is 5.48 Å². The summed E-state index contributed by atoms with van der Waals surface area (Å²) in [5.74, 6) is 0. The number of benzene rings is 2. The molecule has 0 radical (unpaired) electrons. The van der Waals surface area contributed by atoms with Crippen LogP contribution in [0.3, 0.4) is 0 Å². The standard InChI is InChI=1S/C9H10O.C6H7NO.H3N/c1-2-8-3-5-9(7-10)6-4-8;8-7-6-4-2-1-3-5-6;/h3-7H,2H2,1H3;1-5,7-8H;1H3. The highest BCUT2D eigenvalue weighted by atomic mass is 16.5. The van der Waals surface area contributed by atoms with Gasteiger partial charge in [-0.3, -0.25) is 15.5 Å². The topological polar surface area (TPSA) is 84.3 Å². The minimum Gasteiger partial charge on any atom is -0.344 e. The Labute approximate surface area is 113 Å². The van der Waals surface area contributed by atoms with Gasteiger partial charge in [0.15, 0.2) is 0 Å². The SMILES string of the molecule is CCc1ccc(C=O)cc1.N.ONc1ccccc1. The molecule has 0 aliphatic rings. The minimum atomic E-state index is 0. The van der Waals surface area contributed by atoms with Crippen LogP contribution in [0.5, 0.6) is 0 Å². The smallest absolute Gasteiger partial charge is 0.150 e. The van der Waals surface area contributed by atoms with Crippen molar-refractivity contribution >= 4 is 12.0 Å². The van der Waals surface area contributed by atoms with Crippen LogP contribution < -0.4 is 11.6 Å². The molecule has 2 rings (SSSR count). The van der Waals surface area contributed by atoms with Crippen LogP contribution in [0, 0.1) is 0 Å². The van der Waals surface area contributed by atoms with Gasteiger partial charge in [-0.15, -0.1) is 0 Å². The Morgan fingerprint density at radius 2 is 1.63 bits per heavy atom. The maximum Gasteiger partial charge on any atom is 0.150 e. The van der Waals surface area contributed by atoms with Gasteiger partial charge in [0.1, 0.15) is 6.29 Å². The molecular formula is C15H20N2O2. The molecule has 2 aromatic carbocycles. The normalized spacial score (nSPS) is 8.53. The number of anilines is 1. The van der Waals surface area contributed by atoms with E-state index in [-0.39, 0.29) is 6.15 Å². The van der Waals surface area contributed by atoms with Gasteiger partial charge in [0, 0.05) is 5.56 Å². The first kappa shape index (κ1) is 16.8. The molecule has 102 valence electrons. The van der Waals surface area contributed by atoms with Crippen LogP contribution in [-0.2, 0) is 6.42 Å². The predicted octanol–water partition coefficient (Wildman–Crippen LogP) is 3.71. The van der Waals surface area contributed by atoms with E-state index >= 15 is 0 Å². The van der Waals surface area contributed by atoms with Gasteiger partial charge in [0.2, 0.25) is 0 Å². The zero-order chi connectivity index (χ0) is 13.2. The van der Waals surface area contributed by atoms with Crippen molar-refractivity contribution in [1.29, 1.82) is 0 Å². The van der Waals surface area contributed by atoms with Crippen molar-refractivity contribution < 1.29 is 10.0 Å². The third-order valence-corrected chi connectivity index (χ3v) is 2.43. The van der Waals surface area contributed by atoms with E-state index in [0.717, 1.165) is 18.3 Å². The summed E-state index contributed by atoms with van der Waals surface area (Å²) >= 11 is 0. The Morgan fingerprint density at radius 1 is 1.05 bits per heavy atom. The highest BCUT2D eigenvalue weighted by molar-refractivity contribution is 5.74. The lowest BCUT2D eigenvalue weighted by Crippen LogP contribution is -1.85. The maximum absolute atomic E-state index is 10.2. The number of nitrogens with one attached hydrogen (secondary N) is 1. The average molecular weight is 260 g/mol. The van der Waals surface area contributed by atoms with E-state index < -0.39 is 0 Å². The first-order chi connectivity index (χ1) is 8.80. The molecule has 0 aliphatic heterocycles. The van der Waals surface area contributed by atoms with Crippen LogP contribution in [0.25, 0.3) is 0 Å². The van der Waals surface area contributed by atoms with Crippen molar-refractivity contribution in [3.63, 3.8) is 0 Å². The first-order valence-corrected chi connectivity index (χ1v) is 5.79. The fourth-order valence-electron chi connectivity index (χ4n) is 1.34. The van der Waals surface area contributed by atoms with Crippen LogP contribution in [0.15, 0.2) is 54.6 Å². The molecule has 0 saturated carbocycles. The molecule has 0 spiro atoms. The van der Waals surface area contributed by atoms with E-state index in [1.54, 1.807) is 12.1 Å². The molecular weight excluding hydrogens is 240 g/mol. The number of hydrogen-bond donors (Lipinski definition) is 3. The molecule has 0 amide bonds. The number of rotatable bonds is 3. The van der Waals surface area contributed by atoms with Crippen molar-refractivity contribution in [1.82, 2.24) is 6.15 Å². The van der Waals surface area contributed by atoms with Gasteiger partial charge in [-0.25, -0.2) is 0 Å². The molecule has 19 heavy (non-hydrogen) atoms. The molecule has 0 unspecified atom stereocenters. The summed E-state index contributed by atoms with van der Waals surface area (Å²) in [4.78, 5) is 10.2. The lowest BCUT2D eigenvalue weighted by Gasteiger charge is -1.93. The zero-order valence-electron chi connectivity index (χ0n) is 11.0. The van der Waals surface area contributed by atoms with E-state index in [0.29, 0.717) is 5.69 Å². The monoisotopic (exact) mass is 260 g/mol. The second kappa shape index (κ2) is 9.82. The molecule has 0 bridgehead atoms. The van der Waals surface area contributed by atoms with E-state index in [4.69, 9.17) is 5.21 Å². The summed E-state index contributed by atoms with van der Waals surface area (Å²) in [7, 11) is 0. The number of carbonyl (C=O) groups is 1. The summed E-state index contributed by atoms with van der Waals surface area (Å²) in [6.45, 7) is 2.09. The fourth-order valence-corrected chi connectivity index (χ4v) is 1.34. The molecule has 4 nitrogen and oxygen atoms in total. The number of aryl methyl sites for hydroxylation is 1. The fraction of sp³-hybridized carbons (Fsp3) is 0.133. The van der Waals surface area contributed by atoms with Gasteiger partial charge in [-0.05, 0) is 24.1 Å². The molecule has 0 aromatic heterocycles. The molecule has 2 aromatic rings. The Hall–Kier alpha value is -2.17. The highest BCUT2D eigenvalue weighted by Crippen LogP contribution is 2.02. The van der Waals surface area contributed by atoms with Gasteiger partial charge in [0.05, 0.1) is 5.69 Å². The summed E-state index contributed by atoms with van der Waals surface area (Å²) in [6.07, 6.45) is 1.89. The quantitative estimate of drug-likeness (QED) is 0.580. The predicted molar refractivity (Wildman–Crippen MR) is 78.1 cm³/mol. The van der Waals surface area contributed by atoms with Gasteiger partial charge in [0.25, 0.3) is 0 Å². The number of hydrogen-bond acceptors (Lipinski definition) is 4. The molecule has 0 fully saturated rings.